The summed E-state index contributed by atoms with van der Waals surface area (Å²) in [7, 11) is 0. The molecule has 0 saturated heterocycles. The number of hydrogen-bond acceptors (Lipinski definition) is 12. The Kier molecular flexibility index (Phi) is 6.14. The Hall–Kier alpha value is -4.76. The Labute approximate surface area is 151 Å². The zero-order valence-electron chi connectivity index (χ0n) is 13.2. The van der Waals surface area contributed by atoms with Crippen LogP contribution < -0.4 is 0 Å². The van der Waals surface area contributed by atoms with Crippen molar-refractivity contribution in [3.8, 4) is 23.0 Å². The number of rotatable bonds is 4. The summed E-state index contributed by atoms with van der Waals surface area (Å²) in [5.74, 6) is -3.28. The molecule has 0 saturated carbocycles. The number of benzene rings is 2. The highest BCUT2D eigenvalue weighted by Crippen LogP contribution is 2.38. The van der Waals surface area contributed by atoms with Crippen molar-refractivity contribution in [3.63, 3.8) is 0 Å². The molecule has 0 heterocycles. The van der Waals surface area contributed by atoms with Gasteiger partial charge in [0.25, 0.3) is 0 Å². The van der Waals surface area contributed by atoms with Gasteiger partial charge in [-0.3, -0.25) is 40.5 Å². The van der Waals surface area contributed by atoms with Gasteiger partial charge in [-0.25, -0.2) is 0 Å². The molecule has 0 fully saturated rings. The third kappa shape index (κ3) is 4.65. The van der Waals surface area contributed by atoms with Crippen LogP contribution >= 0.6 is 0 Å². The van der Waals surface area contributed by atoms with Gasteiger partial charge in [0.15, 0.2) is 23.0 Å². The lowest BCUT2D eigenvalue weighted by atomic mass is 10.2. The van der Waals surface area contributed by atoms with Gasteiger partial charge in [-0.05, 0) is 0 Å². The lowest BCUT2D eigenvalue weighted by Crippen LogP contribution is -1.93. The van der Waals surface area contributed by atoms with E-state index >= 15 is 0 Å². The lowest BCUT2D eigenvalue weighted by Gasteiger charge is -1.98. The van der Waals surface area contributed by atoms with Crippen LogP contribution in [0.5, 0.6) is 23.0 Å². The van der Waals surface area contributed by atoms with Gasteiger partial charge in [-0.2, -0.15) is 0 Å². The smallest absolute Gasteiger partial charge is 0.317 e. The van der Waals surface area contributed by atoms with Crippen LogP contribution in [0.25, 0.3) is 0 Å². The molecule has 0 bridgehead atoms. The molecule has 2 aromatic carbocycles. The van der Waals surface area contributed by atoms with Crippen molar-refractivity contribution in [1.29, 1.82) is 0 Å². The second kappa shape index (κ2) is 8.08. The molecule has 16 heteroatoms. The second-order valence-corrected chi connectivity index (χ2v) is 4.69. The highest BCUT2D eigenvalue weighted by atomic mass is 16.6. The molecule has 0 aliphatic heterocycles. The number of aromatic hydroxyl groups is 4. The fraction of sp³-hybridized carbons (Fsp3) is 0. The first-order valence-corrected chi connectivity index (χ1v) is 6.56. The first-order chi connectivity index (χ1) is 12.9. The van der Waals surface area contributed by atoms with Crippen molar-refractivity contribution >= 4 is 22.7 Å². The monoisotopic (exact) mass is 400 g/mol. The average Bonchev–Trinajstić information content (AvgIpc) is 2.53. The van der Waals surface area contributed by atoms with Crippen molar-refractivity contribution in [2.45, 2.75) is 0 Å². The van der Waals surface area contributed by atoms with E-state index in [0.29, 0.717) is 24.3 Å². The molecular weight excluding hydrogens is 392 g/mol. The summed E-state index contributed by atoms with van der Waals surface area (Å²) in [6.45, 7) is 0. The van der Waals surface area contributed by atoms with Crippen LogP contribution in [0.4, 0.5) is 22.7 Å². The standard InChI is InChI=1S/2C6H4N2O6/c2*9-5-2-6(10)4(8(13)14)1-3(5)7(11)12/h2*1-2,9-10H. The second-order valence-electron chi connectivity index (χ2n) is 4.69. The van der Waals surface area contributed by atoms with Crippen LogP contribution in [0, 0.1) is 40.5 Å². The van der Waals surface area contributed by atoms with Gasteiger partial charge in [0.2, 0.25) is 0 Å². The number of nitro benzene ring substituents is 4. The number of hydrogen-bond donors (Lipinski definition) is 4. The van der Waals surface area contributed by atoms with E-state index in [0.717, 1.165) is 0 Å². The van der Waals surface area contributed by atoms with Crippen molar-refractivity contribution in [2.24, 2.45) is 0 Å². The Morgan fingerprint density at radius 1 is 0.464 bits per heavy atom. The minimum atomic E-state index is -0.984. The maximum absolute atomic E-state index is 10.2. The SMILES string of the molecule is O=[N+]([O-])c1cc([N+](=O)[O-])c(O)cc1O.O=[N+]([O-])c1cc([N+](=O)[O-])c(O)cc1O. The summed E-state index contributed by atoms with van der Waals surface area (Å²) in [6.07, 6.45) is 0. The zero-order chi connectivity index (χ0) is 21.8. The first kappa shape index (κ1) is 21.3. The maximum atomic E-state index is 10.2. The Morgan fingerprint density at radius 2 is 0.643 bits per heavy atom. The van der Waals surface area contributed by atoms with E-state index in [1.165, 1.54) is 0 Å². The number of nitrogens with zero attached hydrogens (tertiary/aromatic N) is 4. The molecule has 0 radical (unpaired) electrons. The minimum absolute atomic E-state index is 0.491. The molecule has 2 rings (SSSR count). The van der Waals surface area contributed by atoms with Gasteiger partial charge < -0.3 is 20.4 Å². The van der Waals surface area contributed by atoms with E-state index in [-0.39, 0.29) is 0 Å². The molecule has 0 aromatic heterocycles. The third-order valence-corrected chi connectivity index (χ3v) is 2.93. The van der Waals surface area contributed by atoms with Crippen LogP contribution in [0.2, 0.25) is 0 Å². The number of phenols is 4. The van der Waals surface area contributed by atoms with Gasteiger partial charge in [-0.15, -0.1) is 0 Å². The van der Waals surface area contributed by atoms with Crippen molar-refractivity contribution < 1.29 is 40.1 Å². The molecule has 0 spiro atoms. The van der Waals surface area contributed by atoms with Crippen LogP contribution in [0.15, 0.2) is 24.3 Å². The molecule has 148 valence electrons. The van der Waals surface area contributed by atoms with Gasteiger partial charge in [0, 0.05) is 12.1 Å². The summed E-state index contributed by atoms with van der Waals surface area (Å²) in [5.41, 5.74) is -3.30. The van der Waals surface area contributed by atoms with E-state index in [9.17, 15) is 40.5 Å². The predicted molar refractivity (Wildman–Crippen MR) is 86.2 cm³/mol. The summed E-state index contributed by atoms with van der Waals surface area (Å²) in [6, 6.07) is 2.09. The Balaban J connectivity index is 0.000000280. The number of phenolic OH excluding ortho intramolecular Hbond substituents is 4. The quantitative estimate of drug-likeness (QED) is 0.423. The normalized spacial score (nSPS) is 9.71. The van der Waals surface area contributed by atoms with Gasteiger partial charge in [0.1, 0.15) is 12.1 Å². The van der Waals surface area contributed by atoms with Crippen LogP contribution in [-0.2, 0) is 0 Å². The summed E-state index contributed by atoms with van der Waals surface area (Å²) >= 11 is 0. The molecule has 4 N–H and O–H groups in total. The third-order valence-electron chi connectivity index (χ3n) is 2.93. The fourth-order valence-corrected chi connectivity index (χ4v) is 1.69. The topological polar surface area (TPSA) is 253 Å². The Morgan fingerprint density at radius 3 is 0.786 bits per heavy atom. The van der Waals surface area contributed by atoms with Crippen LogP contribution in [-0.4, -0.2) is 40.1 Å². The van der Waals surface area contributed by atoms with E-state index in [1.54, 1.807) is 0 Å². The minimum Gasteiger partial charge on any atom is -0.502 e. The highest BCUT2D eigenvalue weighted by molar-refractivity contribution is 5.60. The summed E-state index contributed by atoms with van der Waals surface area (Å²) < 4.78 is 0. The largest absolute Gasteiger partial charge is 0.502 e. The van der Waals surface area contributed by atoms with Crippen LogP contribution in [0.3, 0.4) is 0 Å². The number of nitro groups is 4. The van der Waals surface area contributed by atoms with E-state index in [4.69, 9.17) is 20.4 Å². The molecule has 0 aliphatic carbocycles. The van der Waals surface area contributed by atoms with Gasteiger partial charge in [-0.1, -0.05) is 0 Å². The molecule has 2 aromatic rings. The molecular formula is C12H8N4O12. The molecule has 0 unspecified atom stereocenters. The average molecular weight is 400 g/mol. The first-order valence-electron chi connectivity index (χ1n) is 6.56. The summed E-state index contributed by atoms with van der Waals surface area (Å²) in [4.78, 5) is 37.1. The van der Waals surface area contributed by atoms with Crippen molar-refractivity contribution in [3.05, 3.63) is 64.7 Å². The van der Waals surface area contributed by atoms with Crippen LogP contribution in [0.1, 0.15) is 0 Å². The van der Waals surface area contributed by atoms with E-state index in [2.05, 4.69) is 0 Å². The highest BCUT2D eigenvalue weighted by Gasteiger charge is 2.24. The van der Waals surface area contributed by atoms with Crippen molar-refractivity contribution in [1.82, 2.24) is 0 Å². The Bertz CT molecular complexity index is 839. The zero-order valence-corrected chi connectivity index (χ0v) is 13.2. The van der Waals surface area contributed by atoms with Gasteiger partial charge in [0.05, 0.1) is 19.7 Å². The van der Waals surface area contributed by atoms with Gasteiger partial charge >= 0.3 is 22.7 Å². The molecule has 0 aliphatic rings. The summed E-state index contributed by atoms with van der Waals surface area (Å²) in [5, 5.41) is 76.8. The van der Waals surface area contributed by atoms with Crippen molar-refractivity contribution in [2.75, 3.05) is 0 Å². The molecule has 0 atom stereocenters. The van der Waals surface area contributed by atoms with E-state index < -0.39 is 65.4 Å². The molecule has 28 heavy (non-hydrogen) atoms. The maximum Gasteiger partial charge on any atom is 0.317 e. The molecule has 16 nitrogen and oxygen atoms in total. The predicted octanol–water partition coefficient (Wildman–Crippen LogP) is 1.83. The fourth-order valence-electron chi connectivity index (χ4n) is 1.69. The van der Waals surface area contributed by atoms with E-state index in [1.807, 2.05) is 0 Å². The molecule has 0 amide bonds. The lowest BCUT2D eigenvalue weighted by molar-refractivity contribution is -0.395.